The lowest BCUT2D eigenvalue weighted by atomic mass is 9.89. The second kappa shape index (κ2) is 8.03. The Hall–Kier alpha value is -1.40. The van der Waals surface area contributed by atoms with Gasteiger partial charge in [-0.3, -0.25) is 9.80 Å². The predicted octanol–water partition coefficient (Wildman–Crippen LogP) is 2.64. The number of fused-ring (bicyclic) bond motifs is 3. The number of aryl methyl sites for hydroxylation is 2. The normalized spacial score (nSPS) is 24.7. The highest BCUT2D eigenvalue weighted by Gasteiger charge is 2.35. The summed E-state index contributed by atoms with van der Waals surface area (Å²) in [7, 11) is 0. The first-order valence-electron chi connectivity index (χ1n) is 11.6. The molecule has 1 saturated heterocycles. The van der Waals surface area contributed by atoms with Gasteiger partial charge in [-0.1, -0.05) is 18.6 Å². The molecule has 29 heavy (non-hydrogen) atoms. The van der Waals surface area contributed by atoms with Crippen molar-refractivity contribution in [2.75, 3.05) is 52.4 Å². The van der Waals surface area contributed by atoms with Gasteiger partial charge in [0.1, 0.15) is 0 Å². The number of likely N-dealkylation sites (N-methyl/N-ethyl adjacent to an activating group) is 1. The number of hydrogen-bond donors (Lipinski definition) is 1. The second-order valence-electron chi connectivity index (χ2n) is 9.33. The Morgan fingerprint density at radius 3 is 2.62 bits per heavy atom. The molecule has 1 aromatic carbocycles. The fraction of sp³-hybridized carbons (Fsp3) is 0.667. The van der Waals surface area contributed by atoms with Gasteiger partial charge in [0.2, 0.25) is 0 Å². The van der Waals surface area contributed by atoms with Crippen molar-refractivity contribution in [1.82, 2.24) is 19.3 Å². The van der Waals surface area contributed by atoms with Gasteiger partial charge in [-0.25, -0.2) is 0 Å². The Kier molecular flexibility index (Phi) is 5.41. The number of benzene rings is 1. The van der Waals surface area contributed by atoms with Gasteiger partial charge < -0.3 is 14.6 Å². The lowest BCUT2D eigenvalue weighted by Crippen LogP contribution is -2.51. The minimum Gasteiger partial charge on any atom is -0.390 e. The molecule has 0 saturated carbocycles. The quantitative estimate of drug-likeness (QED) is 0.843. The van der Waals surface area contributed by atoms with Crippen LogP contribution in [0.2, 0.25) is 0 Å². The standard InChI is InChI=1S/C24H36N4O/c1-3-25-9-11-26(12-10-25)16-19(29)17-27-13-14-28-22-8-7-18(2)15-21(22)20-5-4-6-23(27)24(20)28/h7-8,15,19,23,29H,3-6,9-14,16-17H2,1-2H3. The van der Waals surface area contributed by atoms with Crippen LogP contribution in [0.3, 0.4) is 0 Å². The van der Waals surface area contributed by atoms with Gasteiger partial charge in [0, 0.05) is 69.0 Å². The van der Waals surface area contributed by atoms with Gasteiger partial charge in [-0.15, -0.1) is 0 Å². The third-order valence-corrected chi connectivity index (χ3v) is 7.47. The van der Waals surface area contributed by atoms with E-state index in [1.54, 1.807) is 11.3 Å². The van der Waals surface area contributed by atoms with E-state index in [9.17, 15) is 5.11 Å². The first-order chi connectivity index (χ1) is 14.1. The molecule has 158 valence electrons. The summed E-state index contributed by atoms with van der Waals surface area (Å²) in [5, 5.41) is 12.4. The van der Waals surface area contributed by atoms with Crippen LogP contribution in [0.5, 0.6) is 0 Å². The van der Waals surface area contributed by atoms with Crippen LogP contribution in [0.1, 0.15) is 42.6 Å². The molecule has 2 unspecified atom stereocenters. The molecule has 0 amide bonds. The molecule has 1 fully saturated rings. The van der Waals surface area contributed by atoms with E-state index in [1.807, 2.05) is 0 Å². The molecule has 0 spiro atoms. The van der Waals surface area contributed by atoms with Crippen molar-refractivity contribution >= 4 is 10.9 Å². The van der Waals surface area contributed by atoms with E-state index < -0.39 is 0 Å². The molecule has 0 radical (unpaired) electrons. The molecular weight excluding hydrogens is 360 g/mol. The number of rotatable bonds is 5. The monoisotopic (exact) mass is 396 g/mol. The van der Waals surface area contributed by atoms with Crippen molar-refractivity contribution in [3.05, 3.63) is 35.0 Å². The molecule has 3 aliphatic rings. The van der Waals surface area contributed by atoms with Crippen molar-refractivity contribution in [3.8, 4) is 0 Å². The summed E-state index contributed by atoms with van der Waals surface area (Å²) >= 11 is 0. The fourth-order valence-corrected chi connectivity index (χ4v) is 5.92. The lowest BCUT2D eigenvalue weighted by molar-refractivity contribution is 0.0296. The second-order valence-corrected chi connectivity index (χ2v) is 9.33. The SMILES string of the molecule is CCN1CCN(CC(O)CN2CCn3c4c(c5cc(C)ccc53)CCCC42)CC1. The maximum Gasteiger partial charge on any atom is 0.0794 e. The van der Waals surface area contributed by atoms with Gasteiger partial charge in [0.15, 0.2) is 0 Å². The minimum absolute atomic E-state index is 0.258. The molecule has 2 atom stereocenters. The summed E-state index contributed by atoms with van der Waals surface area (Å²) in [6, 6.07) is 7.43. The van der Waals surface area contributed by atoms with Crippen LogP contribution in [-0.2, 0) is 13.0 Å². The number of aliphatic hydroxyl groups is 1. The average Bonchev–Trinajstić information content (AvgIpc) is 3.05. The Morgan fingerprint density at radius 1 is 1.03 bits per heavy atom. The van der Waals surface area contributed by atoms with Crippen molar-refractivity contribution in [3.63, 3.8) is 0 Å². The van der Waals surface area contributed by atoms with Crippen molar-refractivity contribution in [2.45, 2.75) is 51.8 Å². The van der Waals surface area contributed by atoms with Gasteiger partial charge in [0.05, 0.1) is 12.1 Å². The van der Waals surface area contributed by atoms with Gasteiger partial charge in [-0.2, -0.15) is 0 Å². The average molecular weight is 397 g/mol. The third-order valence-electron chi connectivity index (χ3n) is 7.47. The topological polar surface area (TPSA) is 34.9 Å². The van der Waals surface area contributed by atoms with Crippen LogP contribution in [0.25, 0.3) is 10.9 Å². The van der Waals surface area contributed by atoms with E-state index in [2.05, 4.69) is 51.3 Å². The smallest absolute Gasteiger partial charge is 0.0794 e. The van der Waals surface area contributed by atoms with Crippen molar-refractivity contribution in [2.24, 2.45) is 0 Å². The van der Waals surface area contributed by atoms with Crippen LogP contribution >= 0.6 is 0 Å². The van der Waals surface area contributed by atoms with Crippen LogP contribution in [0, 0.1) is 6.92 Å². The van der Waals surface area contributed by atoms with E-state index in [-0.39, 0.29) is 6.10 Å². The molecule has 1 N–H and O–H groups in total. The minimum atomic E-state index is -0.258. The van der Waals surface area contributed by atoms with E-state index >= 15 is 0 Å². The zero-order valence-corrected chi connectivity index (χ0v) is 18.1. The maximum absolute atomic E-state index is 10.9. The van der Waals surface area contributed by atoms with Crippen LogP contribution in [0.15, 0.2) is 18.2 Å². The van der Waals surface area contributed by atoms with Crippen LogP contribution in [-0.4, -0.2) is 82.8 Å². The number of hydrogen-bond acceptors (Lipinski definition) is 4. The van der Waals surface area contributed by atoms with Gasteiger partial charge in [0.25, 0.3) is 0 Å². The Bertz CT molecular complexity index is 867. The molecule has 1 aromatic heterocycles. The lowest BCUT2D eigenvalue weighted by Gasteiger charge is -2.41. The molecule has 5 heteroatoms. The first kappa shape index (κ1) is 19.6. The summed E-state index contributed by atoms with van der Waals surface area (Å²) in [6.45, 7) is 13.7. The highest BCUT2D eigenvalue weighted by Crippen LogP contribution is 2.42. The number of nitrogens with zero attached hydrogens (tertiary/aromatic N) is 4. The molecular formula is C24H36N4O. The van der Waals surface area contributed by atoms with Crippen LogP contribution in [0.4, 0.5) is 0 Å². The van der Waals surface area contributed by atoms with Gasteiger partial charge in [-0.05, 0) is 50.4 Å². The summed E-state index contributed by atoms with van der Waals surface area (Å²) in [6.07, 6.45) is 3.43. The molecule has 0 bridgehead atoms. The molecule has 5 nitrogen and oxygen atoms in total. The zero-order chi connectivity index (χ0) is 20.0. The number of aliphatic hydroxyl groups excluding tert-OH is 1. The Morgan fingerprint density at radius 2 is 1.83 bits per heavy atom. The predicted molar refractivity (Wildman–Crippen MR) is 118 cm³/mol. The fourth-order valence-electron chi connectivity index (χ4n) is 5.92. The van der Waals surface area contributed by atoms with E-state index in [0.717, 1.165) is 58.9 Å². The third kappa shape index (κ3) is 3.63. The van der Waals surface area contributed by atoms with Crippen molar-refractivity contribution in [1.29, 1.82) is 0 Å². The Labute approximate surface area is 174 Å². The molecule has 3 heterocycles. The zero-order valence-electron chi connectivity index (χ0n) is 18.1. The molecule has 2 aliphatic heterocycles. The molecule has 1 aliphatic carbocycles. The largest absolute Gasteiger partial charge is 0.390 e. The molecule has 2 aromatic rings. The number of aromatic nitrogens is 1. The summed E-state index contributed by atoms with van der Waals surface area (Å²) < 4.78 is 2.58. The van der Waals surface area contributed by atoms with E-state index in [0.29, 0.717) is 6.04 Å². The number of β-amino-alcohol motifs (C(OH)–C–C–N with tert-alkyl or cyclic N) is 1. The summed E-state index contributed by atoms with van der Waals surface area (Å²) in [5.41, 5.74) is 5.90. The highest BCUT2D eigenvalue weighted by molar-refractivity contribution is 5.87. The first-order valence-corrected chi connectivity index (χ1v) is 11.6. The Balaban J connectivity index is 1.31. The van der Waals surface area contributed by atoms with Crippen LogP contribution < -0.4 is 0 Å². The summed E-state index contributed by atoms with van der Waals surface area (Å²) in [5.74, 6) is 0. The molecule has 5 rings (SSSR count). The van der Waals surface area contributed by atoms with E-state index in [1.165, 1.54) is 35.7 Å². The van der Waals surface area contributed by atoms with E-state index in [4.69, 9.17) is 0 Å². The van der Waals surface area contributed by atoms with Gasteiger partial charge >= 0.3 is 0 Å². The van der Waals surface area contributed by atoms with Crippen molar-refractivity contribution < 1.29 is 5.11 Å². The summed E-state index contributed by atoms with van der Waals surface area (Å²) in [4.78, 5) is 7.53. The number of piperazine rings is 1. The maximum atomic E-state index is 10.9. The highest BCUT2D eigenvalue weighted by atomic mass is 16.3.